The highest BCUT2D eigenvalue weighted by Gasteiger charge is 2.35. The second-order valence-corrected chi connectivity index (χ2v) is 5.88. The lowest BCUT2D eigenvalue weighted by molar-refractivity contribution is -0.143. The Morgan fingerprint density at radius 3 is 1.19 bits per heavy atom. The van der Waals surface area contributed by atoms with Gasteiger partial charge in [0.05, 0.1) is 37.8 Å². The van der Waals surface area contributed by atoms with Crippen LogP contribution in [0.1, 0.15) is 82.2 Å². The van der Waals surface area contributed by atoms with Crippen molar-refractivity contribution in [3.63, 3.8) is 0 Å². The summed E-state index contributed by atoms with van der Waals surface area (Å²) in [6, 6.07) is 0. The van der Waals surface area contributed by atoms with E-state index < -0.39 is 70.8 Å². The van der Waals surface area contributed by atoms with Gasteiger partial charge in [-0.3, -0.25) is 19.2 Å². The molecule has 0 unspecified atom stereocenters. The Balaban J connectivity index is 3.60. The Morgan fingerprint density at radius 2 is 0.903 bits per heavy atom. The van der Waals surface area contributed by atoms with Gasteiger partial charge in [0, 0.05) is 0 Å². The van der Waals surface area contributed by atoms with Crippen LogP contribution in [0.2, 0.25) is 0 Å². The van der Waals surface area contributed by atoms with Crippen molar-refractivity contribution >= 4 is 35.4 Å². The molecule has 0 amide bonds. The average molecular weight is 439 g/mol. The molecule has 170 valence electrons. The fourth-order valence-electron chi connectivity index (χ4n) is 2.60. The van der Waals surface area contributed by atoms with E-state index in [-0.39, 0.29) is 26.4 Å². The molecule has 0 saturated heterocycles. The summed E-state index contributed by atoms with van der Waals surface area (Å²) in [5, 5.41) is 0. The number of ether oxygens (including phenoxy) is 4. The first-order chi connectivity index (χ1) is 14.7. The van der Waals surface area contributed by atoms with E-state index in [0.29, 0.717) is 0 Å². The van der Waals surface area contributed by atoms with Gasteiger partial charge in [-0.25, -0.2) is 9.59 Å². The van der Waals surface area contributed by atoms with Crippen molar-refractivity contribution in [3.8, 4) is 0 Å². The van der Waals surface area contributed by atoms with Crippen LogP contribution in [0.3, 0.4) is 0 Å². The topological polar surface area (TPSA) is 155 Å². The summed E-state index contributed by atoms with van der Waals surface area (Å²) in [7, 11) is 0. The lowest BCUT2D eigenvalue weighted by atomic mass is 10.0. The molecule has 0 spiro atoms. The Hall–Kier alpha value is -3.50. The second-order valence-electron chi connectivity index (χ2n) is 5.88. The highest BCUT2D eigenvalue weighted by atomic mass is 16.5. The van der Waals surface area contributed by atoms with Crippen LogP contribution >= 0.6 is 0 Å². The number of rotatable bonds is 12. The molecule has 1 N–H and O–H groups in total. The van der Waals surface area contributed by atoms with Gasteiger partial charge in [0.2, 0.25) is 0 Å². The minimum atomic E-state index is -1.08. The van der Waals surface area contributed by atoms with Gasteiger partial charge in [0.1, 0.15) is 24.0 Å². The summed E-state index contributed by atoms with van der Waals surface area (Å²) in [4.78, 5) is 76.3. The Kier molecular flexibility index (Phi) is 10.1. The van der Waals surface area contributed by atoms with Crippen LogP contribution < -0.4 is 0 Å². The van der Waals surface area contributed by atoms with Gasteiger partial charge in [0.25, 0.3) is 0 Å². The molecule has 11 nitrogen and oxygen atoms in total. The van der Waals surface area contributed by atoms with Crippen molar-refractivity contribution in [2.24, 2.45) is 0 Å². The largest absolute Gasteiger partial charge is 0.466 e. The van der Waals surface area contributed by atoms with Crippen molar-refractivity contribution in [1.82, 2.24) is 4.98 Å². The quantitative estimate of drug-likeness (QED) is 0.220. The van der Waals surface area contributed by atoms with Crippen molar-refractivity contribution in [2.45, 2.75) is 40.5 Å². The molecule has 11 heteroatoms. The maximum absolute atomic E-state index is 12.7. The minimum Gasteiger partial charge on any atom is -0.466 e. The molecule has 1 heterocycles. The number of carbonyl (C=O) groups is 6. The molecule has 0 aliphatic rings. The fraction of sp³-hybridized carbons (Fsp3) is 0.500. The zero-order chi connectivity index (χ0) is 23.6. The molecular formula is C20H25NO10. The second kappa shape index (κ2) is 12.3. The number of aromatic nitrogens is 1. The van der Waals surface area contributed by atoms with Gasteiger partial charge in [-0.1, -0.05) is 0 Å². The number of hydrogen-bond acceptors (Lipinski definition) is 10. The lowest BCUT2D eigenvalue weighted by Crippen LogP contribution is -2.19. The molecule has 1 aromatic rings. The van der Waals surface area contributed by atoms with Crippen molar-refractivity contribution in [3.05, 3.63) is 22.5 Å². The zero-order valence-electron chi connectivity index (χ0n) is 17.8. The van der Waals surface area contributed by atoms with Gasteiger partial charge in [-0.05, 0) is 27.7 Å². The molecule has 1 rings (SSSR count). The Morgan fingerprint density at radius 1 is 0.581 bits per heavy atom. The molecule has 0 radical (unpaired) electrons. The van der Waals surface area contributed by atoms with Crippen LogP contribution in [-0.4, -0.2) is 66.9 Å². The molecular weight excluding hydrogens is 414 g/mol. The molecule has 1 aromatic heterocycles. The molecule has 0 fully saturated rings. The fourth-order valence-corrected chi connectivity index (χ4v) is 2.60. The maximum Gasteiger partial charge on any atom is 0.341 e. The third kappa shape index (κ3) is 6.76. The number of H-pyrrole nitrogens is 1. The number of esters is 4. The van der Waals surface area contributed by atoms with E-state index in [1.54, 1.807) is 13.8 Å². The summed E-state index contributed by atoms with van der Waals surface area (Å²) in [6.45, 7) is 5.97. The van der Waals surface area contributed by atoms with Crippen LogP contribution in [0, 0.1) is 0 Å². The van der Waals surface area contributed by atoms with Gasteiger partial charge in [0.15, 0.2) is 11.6 Å². The van der Waals surface area contributed by atoms with E-state index in [0.717, 1.165) is 0 Å². The monoisotopic (exact) mass is 439 g/mol. The summed E-state index contributed by atoms with van der Waals surface area (Å²) in [6.07, 6.45) is -1.51. The average Bonchev–Trinajstić information content (AvgIpc) is 3.09. The summed E-state index contributed by atoms with van der Waals surface area (Å²) in [5.74, 6) is -5.72. The van der Waals surface area contributed by atoms with E-state index in [1.165, 1.54) is 13.8 Å². The maximum atomic E-state index is 12.7. The predicted molar refractivity (Wildman–Crippen MR) is 104 cm³/mol. The van der Waals surface area contributed by atoms with E-state index >= 15 is 0 Å². The number of ketones is 2. The number of hydrogen-bond donors (Lipinski definition) is 1. The molecule has 0 saturated carbocycles. The minimum absolute atomic E-state index is 0.0267. The standard InChI is InChI=1S/C20H25NO10/c1-5-28-13(24)9-11(22)17-15(19(26)30-7-3)16(20(27)31-8-4)18(21-17)12(23)10-14(25)29-6-2/h21H,5-10H2,1-4H3. The predicted octanol–water partition coefficient (Wildman–Crippen LogP) is 1.64. The summed E-state index contributed by atoms with van der Waals surface area (Å²) < 4.78 is 19.3. The van der Waals surface area contributed by atoms with Gasteiger partial charge < -0.3 is 23.9 Å². The first-order valence-electron chi connectivity index (χ1n) is 9.69. The van der Waals surface area contributed by atoms with Crippen molar-refractivity contribution in [2.75, 3.05) is 26.4 Å². The molecule has 0 aromatic carbocycles. The van der Waals surface area contributed by atoms with E-state index in [1.807, 2.05) is 0 Å². The SMILES string of the molecule is CCOC(=O)CC(=O)c1[nH]c(C(=O)CC(=O)OCC)c(C(=O)OCC)c1C(=O)OCC. The van der Waals surface area contributed by atoms with Gasteiger partial charge >= 0.3 is 23.9 Å². The van der Waals surface area contributed by atoms with Gasteiger partial charge in [-0.15, -0.1) is 0 Å². The highest BCUT2D eigenvalue weighted by molar-refractivity contribution is 6.20. The summed E-state index contributed by atoms with van der Waals surface area (Å²) >= 11 is 0. The summed E-state index contributed by atoms with van der Waals surface area (Å²) in [5.41, 5.74) is -2.10. The lowest BCUT2D eigenvalue weighted by Gasteiger charge is -2.07. The molecule has 0 bridgehead atoms. The van der Waals surface area contributed by atoms with Gasteiger partial charge in [-0.2, -0.15) is 0 Å². The number of nitrogens with one attached hydrogen (secondary N) is 1. The smallest absolute Gasteiger partial charge is 0.341 e. The van der Waals surface area contributed by atoms with Crippen LogP contribution in [0.25, 0.3) is 0 Å². The van der Waals surface area contributed by atoms with E-state index in [2.05, 4.69) is 4.98 Å². The van der Waals surface area contributed by atoms with Crippen LogP contribution in [-0.2, 0) is 28.5 Å². The zero-order valence-corrected chi connectivity index (χ0v) is 17.8. The number of aromatic amines is 1. The third-order valence-corrected chi connectivity index (χ3v) is 3.74. The van der Waals surface area contributed by atoms with Crippen LogP contribution in [0.15, 0.2) is 0 Å². The first kappa shape index (κ1) is 25.5. The van der Waals surface area contributed by atoms with Crippen LogP contribution in [0.5, 0.6) is 0 Å². The number of carbonyl (C=O) groups excluding carboxylic acids is 6. The van der Waals surface area contributed by atoms with E-state index in [4.69, 9.17) is 18.9 Å². The van der Waals surface area contributed by atoms with E-state index in [9.17, 15) is 28.8 Å². The van der Waals surface area contributed by atoms with Crippen LogP contribution in [0.4, 0.5) is 0 Å². The highest BCUT2D eigenvalue weighted by Crippen LogP contribution is 2.25. The first-order valence-corrected chi connectivity index (χ1v) is 9.69. The molecule has 0 aliphatic carbocycles. The van der Waals surface area contributed by atoms with Crippen molar-refractivity contribution in [1.29, 1.82) is 0 Å². The third-order valence-electron chi connectivity index (χ3n) is 3.74. The van der Waals surface area contributed by atoms with Crippen molar-refractivity contribution < 1.29 is 47.7 Å². The molecule has 0 aliphatic heterocycles. The normalized spacial score (nSPS) is 10.2. The number of Topliss-reactive ketones (excluding diaryl/α,β-unsaturated/α-hetero) is 2. The molecule has 31 heavy (non-hydrogen) atoms. The molecule has 0 atom stereocenters. The Labute approximate surface area is 178 Å². The Bertz CT molecular complexity index is 799.